The largest absolute Gasteiger partial charge is 0.392 e. The van der Waals surface area contributed by atoms with Crippen LogP contribution in [0.15, 0.2) is 0 Å². The molecule has 6 heteroatoms. The zero-order chi connectivity index (χ0) is 16.6. The lowest BCUT2D eigenvalue weighted by molar-refractivity contribution is -0.144. The maximum Gasteiger partial charge on any atom is 0.241 e. The number of nitrogens with zero attached hydrogens (tertiary/aromatic N) is 2. The summed E-state index contributed by atoms with van der Waals surface area (Å²) in [5.41, 5.74) is 5.10. The topological polar surface area (TPSA) is 66.6 Å². The predicted octanol–water partition coefficient (Wildman–Crippen LogP) is 1.80. The van der Waals surface area contributed by atoms with Crippen LogP contribution in [0.5, 0.6) is 0 Å². The van der Waals surface area contributed by atoms with Gasteiger partial charge in [-0.15, -0.1) is 0 Å². The highest BCUT2D eigenvalue weighted by Crippen LogP contribution is 2.33. The molecule has 0 atom stereocenters. The van der Waals surface area contributed by atoms with Gasteiger partial charge in [0.1, 0.15) is 0 Å². The van der Waals surface area contributed by atoms with Crippen molar-refractivity contribution in [1.29, 1.82) is 0 Å². The first-order valence-electron chi connectivity index (χ1n) is 7.56. The first-order chi connectivity index (χ1) is 9.76. The predicted molar refractivity (Wildman–Crippen MR) is 90.0 cm³/mol. The summed E-state index contributed by atoms with van der Waals surface area (Å²) in [5.74, 6) is -0.216. The average molecular weight is 315 g/mol. The Morgan fingerprint density at radius 1 is 1.10 bits per heavy atom. The van der Waals surface area contributed by atoms with Crippen LogP contribution in [0, 0.1) is 5.41 Å². The van der Waals surface area contributed by atoms with Crippen LogP contribution < -0.4 is 5.73 Å². The highest BCUT2D eigenvalue weighted by atomic mass is 32.1. The van der Waals surface area contributed by atoms with E-state index < -0.39 is 5.41 Å². The van der Waals surface area contributed by atoms with Crippen molar-refractivity contribution in [3.63, 3.8) is 0 Å². The van der Waals surface area contributed by atoms with Gasteiger partial charge in [0, 0.05) is 20.6 Å². The van der Waals surface area contributed by atoms with E-state index in [1.165, 1.54) is 4.90 Å². The second-order valence-corrected chi connectivity index (χ2v) is 5.99. The van der Waals surface area contributed by atoms with E-state index in [4.69, 9.17) is 18.0 Å². The molecule has 0 aromatic carbocycles. The van der Waals surface area contributed by atoms with E-state index >= 15 is 0 Å². The monoisotopic (exact) mass is 315 g/mol. The van der Waals surface area contributed by atoms with Crippen LogP contribution in [0.1, 0.15) is 46.5 Å². The Hall–Kier alpha value is -1.17. The maximum atomic E-state index is 13.0. The van der Waals surface area contributed by atoms with E-state index in [9.17, 15) is 9.59 Å². The number of likely N-dealkylation sites (N-methyl/N-ethyl adjacent to an activating group) is 2. The summed E-state index contributed by atoms with van der Waals surface area (Å²) >= 11 is 5.20. The standard InChI is InChI=1S/C15H29N3O2S/c1-6-9-15(10-7-2,13(16)21)14(20)18(8-3)11-12(19)17(4)5/h6-11H2,1-5H3,(H2,16,21). The van der Waals surface area contributed by atoms with Gasteiger partial charge in [-0.1, -0.05) is 38.9 Å². The van der Waals surface area contributed by atoms with Crippen molar-refractivity contribution in [2.45, 2.75) is 46.5 Å². The number of thiocarbonyl (C=S) groups is 1. The number of hydrogen-bond donors (Lipinski definition) is 1. The van der Waals surface area contributed by atoms with Crippen LogP contribution in [0.25, 0.3) is 0 Å². The van der Waals surface area contributed by atoms with E-state index in [-0.39, 0.29) is 23.3 Å². The van der Waals surface area contributed by atoms with Crippen LogP contribution in [0.2, 0.25) is 0 Å². The number of carbonyl (C=O) groups excluding carboxylic acids is 2. The Morgan fingerprint density at radius 3 is 1.86 bits per heavy atom. The summed E-state index contributed by atoms with van der Waals surface area (Å²) in [6.45, 7) is 6.42. The number of hydrogen-bond acceptors (Lipinski definition) is 3. The molecule has 5 nitrogen and oxygen atoms in total. The zero-order valence-corrected chi connectivity index (χ0v) is 14.8. The summed E-state index contributed by atoms with van der Waals surface area (Å²) in [7, 11) is 3.36. The van der Waals surface area contributed by atoms with Crippen molar-refractivity contribution < 1.29 is 9.59 Å². The molecule has 122 valence electrons. The number of rotatable bonds is 9. The summed E-state index contributed by atoms with van der Waals surface area (Å²) < 4.78 is 0. The lowest BCUT2D eigenvalue weighted by Gasteiger charge is -2.36. The molecule has 2 N–H and O–H groups in total. The van der Waals surface area contributed by atoms with Crippen LogP contribution in [0.4, 0.5) is 0 Å². The van der Waals surface area contributed by atoms with Crippen molar-refractivity contribution in [2.75, 3.05) is 27.2 Å². The fourth-order valence-electron chi connectivity index (χ4n) is 2.48. The Labute approximate surface area is 133 Å². The normalized spacial score (nSPS) is 11.1. The molecular weight excluding hydrogens is 286 g/mol. The molecule has 0 unspecified atom stereocenters. The third-order valence-electron chi connectivity index (χ3n) is 3.73. The van der Waals surface area contributed by atoms with Crippen molar-refractivity contribution in [3.8, 4) is 0 Å². The number of nitrogens with two attached hydrogens (primary N) is 1. The molecule has 0 rings (SSSR count). The molecule has 0 saturated carbocycles. The third kappa shape index (κ3) is 4.95. The quantitative estimate of drug-likeness (QED) is 0.659. The lowest BCUT2D eigenvalue weighted by atomic mass is 9.77. The highest BCUT2D eigenvalue weighted by Gasteiger charge is 2.42. The van der Waals surface area contributed by atoms with Gasteiger partial charge >= 0.3 is 0 Å². The zero-order valence-electron chi connectivity index (χ0n) is 13.9. The SMILES string of the molecule is CCCC(CCC)(C(=O)N(CC)CC(=O)N(C)C)C(N)=S. The molecule has 0 heterocycles. The van der Waals surface area contributed by atoms with Crippen molar-refractivity contribution in [1.82, 2.24) is 9.80 Å². The van der Waals surface area contributed by atoms with Crippen LogP contribution in [-0.4, -0.2) is 53.8 Å². The number of amides is 2. The van der Waals surface area contributed by atoms with Gasteiger partial charge in [0.2, 0.25) is 11.8 Å². The summed E-state index contributed by atoms with van der Waals surface area (Å²) in [4.78, 5) is 28.1. The van der Waals surface area contributed by atoms with Crippen LogP contribution >= 0.6 is 12.2 Å². The third-order valence-corrected chi connectivity index (χ3v) is 4.12. The second kappa shape index (κ2) is 8.97. The smallest absolute Gasteiger partial charge is 0.241 e. The Kier molecular flexibility index (Phi) is 8.47. The van der Waals surface area contributed by atoms with Gasteiger partial charge in [-0.25, -0.2) is 0 Å². The molecule has 0 aromatic rings. The maximum absolute atomic E-state index is 13.0. The van der Waals surface area contributed by atoms with Gasteiger partial charge in [0.05, 0.1) is 16.9 Å². The van der Waals surface area contributed by atoms with E-state index in [1.807, 2.05) is 20.8 Å². The number of carbonyl (C=O) groups is 2. The van der Waals surface area contributed by atoms with Gasteiger partial charge in [-0.05, 0) is 19.8 Å². The van der Waals surface area contributed by atoms with Crippen LogP contribution in [-0.2, 0) is 9.59 Å². The summed E-state index contributed by atoms with van der Waals surface area (Å²) in [5, 5.41) is 0. The molecule has 0 spiro atoms. The molecule has 21 heavy (non-hydrogen) atoms. The second-order valence-electron chi connectivity index (χ2n) is 5.55. The van der Waals surface area contributed by atoms with Crippen molar-refractivity contribution in [3.05, 3.63) is 0 Å². The van der Waals surface area contributed by atoms with E-state index in [0.717, 1.165) is 12.8 Å². The van der Waals surface area contributed by atoms with Gasteiger partial charge in [0.25, 0.3) is 0 Å². The molecule has 0 aromatic heterocycles. The first kappa shape index (κ1) is 19.8. The minimum atomic E-state index is -0.818. The molecule has 0 radical (unpaired) electrons. The van der Waals surface area contributed by atoms with Gasteiger partial charge in [0.15, 0.2) is 0 Å². The summed E-state index contributed by atoms with van der Waals surface area (Å²) in [6, 6.07) is 0. The molecule has 0 bridgehead atoms. The Bertz CT molecular complexity index is 377. The van der Waals surface area contributed by atoms with E-state index in [0.29, 0.717) is 19.4 Å². The van der Waals surface area contributed by atoms with Crippen LogP contribution in [0.3, 0.4) is 0 Å². The van der Waals surface area contributed by atoms with Gasteiger partial charge in [-0.3, -0.25) is 9.59 Å². The van der Waals surface area contributed by atoms with E-state index in [1.54, 1.807) is 19.0 Å². The fraction of sp³-hybridized carbons (Fsp3) is 0.800. The van der Waals surface area contributed by atoms with Gasteiger partial charge in [-0.2, -0.15) is 0 Å². The first-order valence-corrected chi connectivity index (χ1v) is 7.97. The van der Waals surface area contributed by atoms with E-state index in [2.05, 4.69) is 0 Å². The Morgan fingerprint density at radius 2 is 1.57 bits per heavy atom. The molecule has 0 aliphatic carbocycles. The minimum Gasteiger partial charge on any atom is -0.392 e. The average Bonchev–Trinajstić information content (AvgIpc) is 2.42. The van der Waals surface area contributed by atoms with Crippen molar-refractivity contribution >= 4 is 29.0 Å². The molecule has 2 amide bonds. The van der Waals surface area contributed by atoms with Gasteiger partial charge < -0.3 is 15.5 Å². The highest BCUT2D eigenvalue weighted by molar-refractivity contribution is 7.80. The molecule has 0 aliphatic rings. The lowest BCUT2D eigenvalue weighted by Crippen LogP contribution is -2.52. The fourth-order valence-corrected chi connectivity index (χ4v) is 2.77. The molecule has 0 fully saturated rings. The Balaban J connectivity index is 5.40. The van der Waals surface area contributed by atoms with Crippen molar-refractivity contribution in [2.24, 2.45) is 11.1 Å². The minimum absolute atomic E-state index is 0.0696. The molecule has 0 aliphatic heterocycles. The molecular formula is C15H29N3O2S. The molecule has 0 saturated heterocycles. The summed E-state index contributed by atoms with van der Waals surface area (Å²) in [6.07, 6.45) is 2.90.